The lowest BCUT2D eigenvalue weighted by molar-refractivity contribution is -0.120. The molecule has 4 nitrogen and oxygen atoms in total. The summed E-state index contributed by atoms with van der Waals surface area (Å²) in [5, 5.41) is 0. The Hall–Kier alpha value is -1.65. The average Bonchev–Trinajstić information content (AvgIpc) is 2.36. The quantitative estimate of drug-likeness (QED) is 0.254. The van der Waals surface area contributed by atoms with E-state index >= 15 is 0 Å². The van der Waals surface area contributed by atoms with Crippen molar-refractivity contribution in [1.29, 1.82) is 0 Å². The molecule has 0 heterocycles. The number of hydrazine groups is 1. The molecule has 0 unspecified atom stereocenters. The molecule has 0 bridgehead atoms. The number of hydrogen-bond donors (Lipinski definition) is 2. The van der Waals surface area contributed by atoms with Crippen LogP contribution >= 0.6 is 0 Å². The van der Waals surface area contributed by atoms with Crippen LogP contribution in [0.25, 0.3) is 0 Å². The molecule has 0 aliphatic rings. The van der Waals surface area contributed by atoms with Gasteiger partial charge in [-0.25, -0.2) is 5.84 Å². The minimum absolute atomic E-state index is 0.194. The van der Waals surface area contributed by atoms with Crippen LogP contribution in [0, 0.1) is 0 Å². The van der Waals surface area contributed by atoms with Crippen molar-refractivity contribution in [1.82, 2.24) is 5.43 Å². The number of benzene rings is 1. The number of hydrogen-bond acceptors (Lipinski definition) is 3. The normalized spacial score (nSPS) is 10.1. The summed E-state index contributed by atoms with van der Waals surface area (Å²) in [5.74, 6) is 4.83. The smallest absolute Gasteiger partial charge is 0.238 e. The van der Waals surface area contributed by atoms with Crippen LogP contribution in [0.5, 0.6) is 0 Å². The molecule has 0 aliphatic heterocycles. The van der Waals surface area contributed by atoms with Gasteiger partial charge in [0.05, 0.1) is 19.6 Å². The summed E-state index contributed by atoms with van der Waals surface area (Å²) < 4.78 is 5.51. The lowest BCUT2D eigenvalue weighted by atomic mass is 10.1. The predicted molar refractivity (Wildman–Crippen MR) is 71.6 cm³/mol. The van der Waals surface area contributed by atoms with Gasteiger partial charge in [0.15, 0.2) is 0 Å². The Morgan fingerprint density at radius 3 is 2.50 bits per heavy atom. The first-order chi connectivity index (χ1) is 8.61. The van der Waals surface area contributed by atoms with Crippen LogP contribution in [-0.2, 0) is 22.6 Å². The van der Waals surface area contributed by atoms with Crippen molar-refractivity contribution < 1.29 is 9.53 Å². The number of carbonyl (C=O) groups is 1. The van der Waals surface area contributed by atoms with E-state index in [1.807, 2.05) is 31.2 Å². The lowest BCUT2D eigenvalue weighted by Gasteiger charge is -2.05. The van der Waals surface area contributed by atoms with Gasteiger partial charge in [0, 0.05) is 0 Å². The first-order valence-electron chi connectivity index (χ1n) is 5.91. The zero-order valence-corrected chi connectivity index (χ0v) is 10.7. The molecule has 1 rings (SSSR count). The Labute approximate surface area is 108 Å². The van der Waals surface area contributed by atoms with Crippen LogP contribution in [0.15, 0.2) is 36.4 Å². The first kappa shape index (κ1) is 14.4. The molecular weight excluding hydrogens is 228 g/mol. The third kappa shape index (κ3) is 5.61. The molecule has 1 aromatic carbocycles. The second kappa shape index (κ2) is 7.63. The van der Waals surface area contributed by atoms with Crippen molar-refractivity contribution in [3.05, 3.63) is 47.5 Å². The molecule has 0 saturated heterocycles. The molecule has 0 radical (unpaired) electrons. The van der Waals surface area contributed by atoms with Gasteiger partial charge in [-0.3, -0.25) is 10.2 Å². The van der Waals surface area contributed by atoms with E-state index in [4.69, 9.17) is 10.6 Å². The molecule has 0 aliphatic carbocycles. The van der Waals surface area contributed by atoms with Gasteiger partial charge in [0.25, 0.3) is 0 Å². The largest absolute Gasteiger partial charge is 0.376 e. The van der Waals surface area contributed by atoms with E-state index in [2.05, 4.69) is 12.0 Å². The first-order valence-corrected chi connectivity index (χ1v) is 5.91. The zero-order valence-electron chi connectivity index (χ0n) is 10.7. The van der Waals surface area contributed by atoms with Gasteiger partial charge in [-0.1, -0.05) is 29.8 Å². The second-order valence-corrected chi connectivity index (χ2v) is 4.32. The highest BCUT2D eigenvalue weighted by atomic mass is 16.5. The highest BCUT2D eigenvalue weighted by Gasteiger charge is 2.01. The van der Waals surface area contributed by atoms with E-state index in [0.717, 1.165) is 23.1 Å². The lowest BCUT2D eigenvalue weighted by Crippen LogP contribution is -2.31. The summed E-state index contributed by atoms with van der Waals surface area (Å²) in [4.78, 5) is 11.1. The molecule has 4 heteroatoms. The Bertz CT molecular complexity index is 399. The minimum atomic E-state index is -0.194. The van der Waals surface area contributed by atoms with E-state index < -0.39 is 0 Å². The molecule has 0 saturated carbocycles. The molecule has 0 fully saturated rings. The Morgan fingerprint density at radius 2 is 1.94 bits per heavy atom. The van der Waals surface area contributed by atoms with Gasteiger partial charge in [0.2, 0.25) is 5.91 Å². The topological polar surface area (TPSA) is 64.3 Å². The van der Waals surface area contributed by atoms with Crippen LogP contribution in [0.4, 0.5) is 0 Å². The molecule has 0 atom stereocenters. The van der Waals surface area contributed by atoms with Crippen molar-refractivity contribution in [3.63, 3.8) is 0 Å². The van der Waals surface area contributed by atoms with E-state index in [9.17, 15) is 4.79 Å². The fourth-order valence-electron chi connectivity index (χ4n) is 1.43. The van der Waals surface area contributed by atoms with Gasteiger partial charge in [-0.15, -0.1) is 6.58 Å². The van der Waals surface area contributed by atoms with Crippen LogP contribution in [0.3, 0.4) is 0 Å². The zero-order chi connectivity index (χ0) is 13.4. The fraction of sp³-hybridized carbons (Fsp3) is 0.357. The molecule has 0 aromatic heterocycles. The molecule has 1 amide bonds. The number of rotatable bonds is 7. The molecule has 0 spiro atoms. The second-order valence-electron chi connectivity index (χ2n) is 4.32. The van der Waals surface area contributed by atoms with Gasteiger partial charge >= 0.3 is 0 Å². The van der Waals surface area contributed by atoms with E-state index in [0.29, 0.717) is 19.6 Å². The molecule has 98 valence electrons. The monoisotopic (exact) mass is 248 g/mol. The standard InChI is InChI=1S/C14H20N2O2/c1-11(2)7-8-18-10-13-5-3-12(4-6-13)9-14(17)16-15/h3-6H,1,7-10,15H2,2H3,(H,16,17). The third-order valence-corrected chi connectivity index (χ3v) is 2.49. The highest BCUT2D eigenvalue weighted by Crippen LogP contribution is 2.07. The van der Waals surface area contributed by atoms with Crippen LogP contribution in [0.1, 0.15) is 24.5 Å². The SMILES string of the molecule is C=C(C)CCOCc1ccc(CC(=O)NN)cc1. The number of nitrogens with two attached hydrogens (primary N) is 1. The van der Waals surface area contributed by atoms with Crippen molar-refractivity contribution in [2.24, 2.45) is 5.84 Å². The van der Waals surface area contributed by atoms with E-state index in [1.54, 1.807) is 0 Å². The van der Waals surface area contributed by atoms with Crippen LogP contribution < -0.4 is 11.3 Å². The number of amides is 1. The molecule has 3 N–H and O–H groups in total. The molecule has 1 aromatic rings. The maximum atomic E-state index is 11.1. The molecular formula is C14H20N2O2. The predicted octanol–water partition coefficient (Wildman–Crippen LogP) is 1.70. The number of ether oxygens (including phenoxy) is 1. The third-order valence-electron chi connectivity index (χ3n) is 2.49. The van der Waals surface area contributed by atoms with Crippen molar-refractivity contribution in [2.45, 2.75) is 26.4 Å². The Balaban J connectivity index is 2.36. The molecule has 18 heavy (non-hydrogen) atoms. The highest BCUT2D eigenvalue weighted by molar-refractivity contribution is 5.77. The maximum Gasteiger partial charge on any atom is 0.238 e. The van der Waals surface area contributed by atoms with Crippen molar-refractivity contribution >= 4 is 5.91 Å². The maximum absolute atomic E-state index is 11.1. The Kier molecular flexibility index (Phi) is 6.11. The fourth-order valence-corrected chi connectivity index (χ4v) is 1.43. The summed E-state index contributed by atoms with van der Waals surface area (Å²) in [5.41, 5.74) is 5.26. The van der Waals surface area contributed by atoms with E-state index in [1.165, 1.54) is 0 Å². The van der Waals surface area contributed by atoms with Crippen LogP contribution in [-0.4, -0.2) is 12.5 Å². The number of nitrogens with one attached hydrogen (secondary N) is 1. The summed E-state index contributed by atoms with van der Waals surface area (Å²) in [6.45, 7) is 7.07. The summed E-state index contributed by atoms with van der Waals surface area (Å²) in [7, 11) is 0. The number of carbonyl (C=O) groups excluding carboxylic acids is 1. The van der Waals surface area contributed by atoms with Gasteiger partial charge < -0.3 is 4.74 Å². The minimum Gasteiger partial charge on any atom is -0.376 e. The van der Waals surface area contributed by atoms with Crippen LogP contribution in [0.2, 0.25) is 0 Å². The Morgan fingerprint density at radius 1 is 1.33 bits per heavy atom. The van der Waals surface area contributed by atoms with Crippen molar-refractivity contribution in [2.75, 3.05) is 6.61 Å². The van der Waals surface area contributed by atoms with E-state index in [-0.39, 0.29) is 5.91 Å². The van der Waals surface area contributed by atoms with Gasteiger partial charge in [-0.05, 0) is 24.5 Å². The summed E-state index contributed by atoms with van der Waals surface area (Å²) in [6, 6.07) is 7.74. The average molecular weight is 248 g/mol. The van der Waals surface area contributed by atoms with Gasteiger partial charge in [-0.2, -0.15) is 0 Å². The van der Waals surface area contributed by atoms with Crippen molar-refractivity contribution in [3.8, 4) is 0 Å². The summed E-state index contributed by atoms with van der Waals surface area (Å²) >= 11 is 0. The van der Waals surface area contributed by atoms with Gasteiger partial charge in [0.1, 0.15) is 0 Å². The summed E-state index contributed by atoms with van der Waals surface area (Å²) in [6.07, 6.45) is 1.18.